The second-order valence-corrected chi connectivity index (χ2v) is 6.96. The summed E-state index contributed by atoms with van der Waals surface area (Å²) in [5.41, 5.74) is -1.70. The molecule has 8 heteroatoms. The molecule has 2 rings (SSSR count). The molecular formula is C13H15F2NO4S. The average Bonchev–Trinajstić information content (AvgIpc) is 2.38. The van der Waals surface area contributed by atoms with Crippen LogP contribution in [0.3, 0.4) is 0 Å². The molecule has 116 valence electrons. The van der Waals surface area contributed by atoms with E-state index in [-0.39, 0.29) is 13.0 Å². The van der Waals surface area contributed by atoms with Crippen molar-refractivity contribution in [3.63, 3.8) is 0 Å². The highest BCUT2D eigenvalue weighted by molar-refractivity contribution is 7.89. The molecule has 0 aliphatic carbocycles. The van der Waals surface area contributed by atoms with Crippen LogP contribution in [0, 0.1) is 11.6 Å². The van der Waals surface area contributed by atoms with E-state index in [0.717, 1.165) is 18.2 Å². The highest BCUT2D eigenvalue weighted by Crippen LogP contribution is 2.35. The quantitative estimate of drug-likeness (QED) is 0.924. The lowest BCUT2D eigenvalue weighted by molar-refractivity contribution is -0.149. The number of carbonyl (C=O) groups is 1. The largest absolute Gasteiger partial charge is 0.480 e. The van der Waals surface area contributed by atoms with Gasteiger partial charge in [-0.3, -0.25) is 4.79 Å². The van der Waals surface area contributed by atoms with Crippen molar-refractivity contribution in [2.45, 2.75) is 36.6 Å². The second-order valence-electron chi connectivity index (χ2n) is 5.16. The third-order valence-electron chi connectivity index (χ3n) is 3.75. The predicted molar refractivity (Wildman–Crippen MR) is 70.1 cm³/mol. The molecule has 0 radical (unpaired) electrons. The molecule has 5 nitrogen and oxygen atoms in total. The van der Waals surface area contributed by atoms with Gasteiger partial charge in [-0.25, -0.2) is 17.2 Å². The first kappa shape index (κ1) is 15.8. The molecule has 1 heterocycles. The minimum Gasteiger partial charge on any atom is -0.480 e. The molecule has 1 saturated heterocycles. The number of aliphatic carboxylic acids is 1. The lowest BCUT2D eigenvalue weighted by Crippen LogP contribution is -2.57. The zero-order valence-electron chi connectivity index (χ0n) is 11.3. The second kappa shape index (κ2) is 5.34. The van der Waals surface area contributed by atoms with Crippen LogP contribution in [0.25, 0.3) is 0 Å². The summed E-state index contributed by atoms with van der Waals surface area (Å²) in [5, 5.41) is 9.32. The van der Waals surface area contributed by atoms with Gasteiger partial charge in [-0.2, -0.15) is 4.31 Å². The number of piperidine rings is 1. The number of hydrogen-bond acceptors (Lipinski definition) is 3. The first-order valence-electron chi connectivity index (χ1n) is 6.41. The third kappa shape index (κ3) is 2.53. The number of halogens is 2. The van der Waals surface area contributed by atoms with E-state index in [1.807, 2.05) is 0 Å². The molecular weight excluding hydrogens is 304 g/mol. The summed E-state index contributed by atoms with van der Waals surface area (Å²) in [6.07, 6.45) is 1.07. The maximum Gasteiger partial charge on any atom is 0.324 e. The highest BCUT2D eigenvalue weighted by Gasteiger charge is 2.49. The molecule has 1 fully saturated rings. The Hall–Kier alpha value is -1.54. The molecule has 1 unspecified atom stereocenters. The van der Waals surface area contributed by atoms with Crippen molar-refractivity contribution in [3.05, 3.63) is 29.8 Å². The maximum atomic E-state index is 13.8. The van der Waals surface area contributed by atoms with Crippen LogP contribution in [0.4, 0.5) is 8.78 Å². The van der Waals surface area contributed by atoms with E-state index in [9.17, 15) is 27.1 Å². The van der Waals surface area contributed by atoms with Gasteiger partial charge in [0, 0.05) is 6.54 Å². The Morgan fingerprint density at radius 2 is 1.86 bits per heavy atom. The summed E-state index contributed by atoms with van der Waals surface area (Å²) in [4.78, 5) is 10.3. The monoisotopic (exact) mass is 319 g/mol. The summed E-state index contributed by atoms with van der Waals surface area (Å²) in [7, 11) is -4.57. The van der Waals surface area contributed by atoms with Crippen molar-refractivity contribution in [3.8, 4) is 0 Å². The Balaban J connectivity index is 2.59. The number of carboxylic acid groups (broad SMARTS) is 1. The Morgan fingerprint density at radius 3 is 2.38 bits per heavy atom. The van der Waals surface area contributed by atoms with E-state index in [2.05, 4.69) is 0 Å². The molecule has 0 amide bonds. The van der Waals surface area contributed by atoms with Crippen LogP contribution >= 0.6 is 0 Å². The Labute approximate surface area is 121 Å². The molecule has 21 heavy (non-hydrogen) atoms. The van der Waals surface area contributed by atoms with E-state index >= 15 is 0 Å². The molecule has 1 aromatic rings. The van der Waals surface area contributed by atoms with Gasteiger partial charge in [0.25, 0.3) is 0 Å². The summed E-state index contributed by atoms with van der Waals surface area (Å²) < 4.78 is 53.3. The number of benzene rings is 1. The van der Waals surface area contributed by atoms with Crippen molar-refractivity contribution in [2.75, 3.05) is 6.54 Å². The van der Waals surface area contributed by atoms with Gasteiger partial charge in [0.2, 0.25) is 10.0 Å². The summed E-state index contributed by atoms with van der Waals surface area (Å²) >= 11 is 0. The van der Waals surface area contributed by atoms with Crippen LogP contribution in [0.5, 0.6) is 0 Å². The zero-order valence-corrected chi connectivity index (χ0v) is 12.2. The number of rotatable bonds is 3. The highest BCUT2D eigenvalue weighted by atomic mass is 32.2. The van der Waals surface area contributed by atoms with Gasteiger partial charge >= 0.3 is 5.97 Å². The molecule has 0 spiro atoms. The smallest absolute Gasteiger partial charge is 0.324 e. The topological polar surface area (TPSA) is 74.7 Å². The SMILES string of the molecule is CC1(C(=O)O)CCCCN1S(=O)(=O)c1c(F)cccc1F. The number of hydrogen-bond donors (Lipinski definition) is 1. The number of sulfonamides is 1. The fourth-order valence-electron chi connectivity index (χ4n) is 2.53. The molecule has 1 aliphatic heterocycles. The zero-order chi connectivity index (χ0) is 15.8. The molecule has 0 aromatic heterocycles. The van der Waals surface area contributed by atoms with Gasteiger partial charge in [0.1, 0.15) is 17.2 Å². The molecule has 1 aromatic carbocycles. The van der Waals surface area contributed by atoms with E-state index in [0.29, 0.717) is 17.1 Å². The summed E-state index contributed by atoms with van der Waals surface area (Å²) in [5.74, 6) is -3.79. The van der Waals surface area contributed by atoms with Crippen LogP contribution in [0.1, 0.15) is 26.2 Å². The molecule has 0 bridgehead atoms. The molecule has 0 saturated carbocycles. The van der Waals surface area contributed by atoms with Crippen LogP contribution in [-0.2, 0) is 14.8 Å². The van der Waals surface area contributed by atoms with E-state index < -0.39 is 38.1 Å². The minimum atomic E-state index is -4.57. The van der Waals surface area contributed by atoms with Gasteiger partial charge in [-0.15, -0.1) is 0 Å². The molecule has 1 atom stereocenters. The molecule has 1 aliphatic rings. The van der Waals surface area contributed by atoms with Crippen molar-refractivity contribution in [1.82, 2.24) is 4.31 Å². The Bertz CT molecular complexity index is 656. The van der Waals surface area contributed by atoms with Gasteiger partial charge in [0.15, 0.2) is 4.90 Å². The fraction of sp³-hybridized carbons (Fsp3) is 0.462. The van der Waals surface area contributed by atoms with Crippen molar-refractivity contribution in [1.29, 1.82) is 0 Å². The Morgan fingerprint density at radius 1 is 1.29 bits per heavy atom. The van der Waals surface area contributed by atoms with Crippen LogP contribution in [0.15, 0.2) is 23.1 Å². The van der Waals surface area contributed by atoms with E-state index in [1.165, 1.54) is 6.92 Å². The summed E-state index contributed by atoms with van der Waals surface area (Å²) in [6.45, 7) is 1.17. The third-order valence-corrected chi connectivity index (χ3v) is 5.82. The number of carboxylic acids is 1. The lowest BCUT2D eigenvalue weighted by atomic mass is 9.91. The number of nitrogens with zero attached hydrogens (tertiary/aromatic N) is 1. The van der Waals surface area contributed by atoms with Crippen molar-refractivity contribution < 1.29 is 27.1 Å². The van der Waals surface area contributed by atoms with E-state index in [1.54, 1.807) is 0 Å². The van der Waals surface area contributed by atoms with Gasteiger partial charge in [-0.05, 0) is 38.3 Å². The minimum absolute atomic E-state index is 0.0844. The van der Waals surface area contributed by atoms with Gasteiger partial charge in [-0.1, -0.05) is 6.07 Å². The Kier molecular flexibility index (Phi) is 4.03. The van der Waals surface area contributed by atoms with E-state index in [4.69, 9.17) is 0 Å². The lowest BCUT2D eigenvalue weighted by Gasteiger charge is -2.40. The first-order valence-corrected chi connectivity index (χ1v) is 7.85. The van der Waals surface area contributed by atoms with Gasteiger partial charge in [0.05, 0.1) is 0 Å². The first-order chi connectivity index (χ1) is 9.71. The van der Waals surface area contributed by atoms with Gasteiger partial charge < -0.3 is 5.11 Å². The maximum absolute atomic E-state index is 13.8. The summed E-state index contributed by atoms with van der Waals surface area (Å²) in [6, 6.07) is 2.71. The normalized spacial score (nSPS) is 24.0. The predicted octanol–water partition coefficient (Wildman–Crippen LogP) is 1.98. The van der Waals surface area contributed by atoms with Crippen LogP contribution in [-0.4, -0.2) is 35.9 Å². The van der Waals surface area contributed by atoms with Crippen molar-refractivity contribution >= 4 is 16.0 Å². The standard InChI is InChI=1S/C13H15F2NO4S/c1-13(12(17)18)7-2-3-8-16(13)21(19,20)11-9(14)5-4-6-10(11)15/h4-6H,2-3,7-8H2,1H3,(H,17,18). The molecule has 1 N–H and O–H groups in total. The fourth-order valence-corrected chi connectivity index (χ4v) is 4.45. The van der Waals surface area contributed by atoms with Crippen molar-refractivity contribution in [2.24, 2.45) is 0 Å². The van der Waals surface area contributed by atoms with Crippen LogP contribution < -0.4 is 0 Å². The van der Waals surface area contributed by atoms with Crippen LogP contribution in [0.2, 0.25) is 0 Å². The average molecular weight is 319 g/mol.